The molecular formula is C16H17BrN2S. The van der Waals surface area contributed by atoms with E-state index in [1.54, 1.807) is 11.8 Å². The quantitative estimate of drug-likeness (QED) is 0.771. The summed E-state index contributed by atoms with van der Waals surface area (Å²) in [5, 5.41) is 6.93. The Morgan fingerprint density at radius 2 is 1.90 bits per heavy atom. The Morgan fingerprint density at radius 1 is 1.15 bits per heavy atom. The van der Waals surface area contributed by atoms with Gasteiger partial charge in [-0.15, -0.1) is 0 Å². The van der Waals surface area contributed by atoms with Gasteiger partial charge in [0.15, 0.2) is 5.17 Å². The minimum atomic E-state index is 0.311. The van der Waals surface area contributed by atoms with Crippen LogP contribution in [-0.2, 0) is 0 Å². The van der Waals surface area contributed by atoms with Gasteiger partial charge in [0.1, 0.15) is 0 Å². The number of halogens is 1. The van der Waals surface area contributed by atoms with E-state index >= 15 is 0 Å². The predicted octanol–water partition coefficient (Wildman–Crippen LogP) is 5.14. The number of nitrogens with one attached hydrogen (secondary N) is 1. The molecule has 3 rings (SSSR count). The first kappa shape index (κ1) is 14.0. The van der Waals surface area contributed by atoms with E-state index in [2.05, 4.69) is 76.5 Å². The normalized spacial score (nSPS) is 17.9. The zero-order valence-electron chi connectivity index (χ0n) is 11.6. The zero-order valence-corrected chi connectivity index (χ0v) is 14.0. The minimum absolute atomic E-state index is 0.311. The molecule has 2 nitrogen and oxygen atoms in total. The summed E-state index contributed by atoms with van der Waals surface area (Å²) in [6.45, 7) is 5.41. The molecule has 20 heavy (non-hydrogen) atoms. The van der Waals surface area contributed by atoms with Gasteiger partial charge in [-0.1, -0.05) is 53.7 Å². The molecule has 1 N–H and O–H groups in total. The van der Waals surface area contributed by atoms with Gasteiger partial charge in [0.05, 0.1) is 0 Å². The van der Waals surface area contributed by atoms with E-state index in [4.69, 9.17) is 0 Å². The van der Waals surface area contributed by atoms with Crippen LogP contribution in [0.5, 0.6) is 0 Å². The lowest BCUT2D eigenvalue weighted by Gasteiger charge is -2.27. The second kappa shape index (κ2) is 5.41. The Kier molecular flexibility index (Phi) is 3.78. The number of hydrogen-bond donors (Lipinski definition) is 1. The van der Waals surface area contributed by atoms with Crippen LogP contribution in [0.25, 0.3) is 10.8 Å². The maximum absolute atomic E-state index is 4.63. The molecule has 0 saturated heterocycles. The van der Waals surface area contributed by atoms with Gasteiger partial charge in [0.25, 0.3) is 0 Å². The number of hydrogen-bond acceptors (Lipinski definition) is 3. The topological polar surface area (TPSA) is 24.4 Å². The molecule has 0 spiro atoms. The monoisotopic (exact) mass is 348 g/mol. The van der Waals surface area contributed by atoms with Crippen molar-refractivity contribution in [3.63, 3.8) is 0 Å². The maximum Gasteiger partial charge on any atom is 0.161 e. The van der Waals surface area contributed by atoms with E-state index in [1.807, 2.05) is 0 Å². The Bertz CT molecular complexity index is 679. The second-order valence-corrected chi connectivity index (χ2v) is 7.79. The number of benzene rings is 2. The Hall–Kier alpha value is -1.00. The van der Waals surface area contributed by atoms with Crippen molar-refractivity contribution in [1.29, 1.82) is 0 Å². The number of thioether (sulfide) groups is 1. The summed E-state index contributed by atoms with van der Waals surface area (Å²) in [6, 6.07) is 12.8. The van der Waals surface area contributed by atoms with Gasteiger partial charge in [-0.3, -0.25) is 4.99 Å². The molecule has 2 aromatic rings. The van der Waals surface area contributed by atoms with E-state index in [0.29, 0.717) is 5.41 Å². The van der Waals surface area contributed by atoms with Crippen LogP contribution in [0.4, 0.5) is 5.69 Å². The van der Waals surface area contributed by atoms with Gasteiger partial charge in [0, 0.05) is 22.5 Å². The third-order valence-corrected chi connectivity index (χ3v) is 5.23. The number of anilines is 1. The summed E-state index contributed by atoms with van der Waals surface area (Å²) in [6.07, 6.45) is 0. The lowest BCUT2D eigenvalue weighted by molar-refractivity contribution is 0.438. The first-order valence-electron chi connectivity index (χ1n) is 6.65. The van der Waals surface area contributed by atoms with E-state index < -0.39 is 0 Å². The smallest absolute Gasteiger partial charge is 0.161 e. The third-order valence-electron chi connectivity index (χ3n) is 3.30. The SMILES string of the molecule is CC1(C)CN=C(Nc2ccc3cc(Br)ccc3c2)SC1. The molecule has 0 aliphatic carbocycles. The molecule has 4 heteroatoms. The standard InChI is InChI=1S/C16H17BrN2S/c1-16(2)9-18-15(20-10-16)19-14-6-4-11-7-13(17)5-3-12(11)8-14/h3-8H,9-10H2,1-2H3,(H,18,19). The van der Waals surface area contributed by atoms with Crippen LogP contribution in [0.1, 0.15) is 13.8 Å². The van der Waals surface area contributed by atoms with Crippen LogP contribution in [0.3, 0.4) is 0 Å². The van der Waals surface area contributed by atoms with Gasteiger partial charge in [0.2, 0.25) is 0 Å². The van der Waals surface area contributed by atoms with Crippen LogP contribution in [0.2, 0.25) is 0 Å². The fourth-order valence-corrected chi connectivity index (χ4v) is 3.48. The molecule has 0 amide bonds. The summed E-state index contributed by atoms with van der Waals surface area (Å²) >= 11 is 5.31. The van der Waals surface area contributed by atoms with Gasteiger partial charge in [-0.05, 0) is 40.5 Å². The zero-order chi connectivity index (χ0) is 14.2. The summed E-state index contributed by atoms with van der Waals surface area (Å²) in [4.78, 5) is 4.63. The summed E-state index contributed by atoms with van der Waals surface area (Å²) in [5.74, 6) is 1.11. The fourth-order valence-electron chi connectivity index (χ4n) is 2.13. The molecule has 0 aromatic heterocycles. The highest BCUT2D eigenvalue weighted by molar-refractivity contribution is 9.10. The van der Waals surface area contributed by atoms with Crippen molar-refractivity contribution < 1.29 is 0 Å². The molecule has 2 aromatic carbocycles. The number of amidine groups is 1. The number of aliphatic imine (C=N–C) groups is 1. The van der Waals surface area contributed by atoms with Crippen LogP contribution < -0.4 is 5.32 Å². The Labute approximate surface area is 132 Å². The van der Waals surface area contributed by atoms with Crippen molar-refractivity contribution in [3.8, 4) is 0 Å². The average molecular weight is 349 g/mol. The highest BCUT2D eigenvalue weighted by Gasteiger charge is 2.23. The van der Waals surface area contributed by atoms with Gasteiger partial charge >= 0.3 is 0 Å². The van der Waals surface area contributed by atoms with Crippen molar-refractivity contribution in [2.75, 3.05) is 17.6 Å². The molecule has 0 saturated carbocycles. The first-order chi connectivity index (χ1) is 9.52. The number of nitrogens with zero attached hydrogens (tertiary/aromatic N) is 1. The number of fused-ring (bicyclic) bond motifs is 1. The molecule has 0 radical (unpaired) electrons. The van der Waals surface area contributed by atoms with Crippen molar-refractivity contribution in [3.05, 3.63) is 40.9 Å². The average Bonchev–Trinajstić information content (AvgIpc) is 2.41. The van der Waals surface area contributed by atoms with E-state index in [0.717, 1.165) is 27.6 Å². The van der Waals surface area contributed by atoms with Crippen molar-refractivity contribution in [2.45, 2.75) is 13.8 Å². The lowest BCUT2D eigenvalue weighted by Crippen LogP contribution is -2.27. The first-order valence-corrected chi connectivity index (χ1v) is 8.43. The Morgan fingerprint density at radius 3 is 2.65 bits per heavy atom. The lowest BCUT2D eigenvalue weighted by atomic mass is 9.97. The van der Waals surface area contributed by atoms with Gasteiger partial charge < -0.3 is 5.32 Å². The molecule has 104 valence electrons. The van der Waals surface area contributed by atoms with Crippen molar-refractivity contribution >= 4 is 49.3 Å². The molecule has 0 atom stereocenters. The molecular weight excluding hydrogens is 332 g/mol. The largest absolute Gasteiger partial charge is 0.335 e. The summed E-state index contributed by atoms with van der Waals surface area (Å²) in [5.41, 5.74) is 1.41. The highest BCUT2D eigenvalue weighted by atomic mass is 79.9. The van der Waals surface area contributed by atoms with Crippen molar-refractivity contribution in [1.82, 2.24) is 0 Å². The molecule has 0 fully saturated rings. The minimum Gasteiger partial charge on any atom is -0.335 e. The molecule has 0 bridgehead atoms. The predicted molar refractivity (Wildman–Crippen MR) is 93.8 cm³/mol. The van der Waals surface area contributed by atoms with Crippen molar-refractivity contribution in [2.24, 2.45) is 10.4 Å². The third kappa shape index (κ3) is 3.18. The van der Waals surface area contributed by atoms with Gasteiger partial charge in [-0.25, -0.2) is 0 Å². The maximum atomic E-state index is 4.63. The molecule has 1 aliphatic rings. The van der Waals surface area contributed by atoms with E-state index in [1.165, 1.54) is 10.8 Å². The van der Waals surface area contributed by atoms with Crippen LogP contribution in [0, 0.1) is 5.41 Å². The van der Waals surface area contributed by atoms with Crippen LogP contribution in [0.15, 0.2) is 45.9 Å². The molecule has 1 heterocycles. The second-order valence-electron chi connectivity index (χ2n) is 5.91. The van der Waals surface area contributed by atoms with E-state index in [9.17, 15) is 0 Å². The summed E-state index contributed by atoms with van der Waals surface area (Å²) < 4.78 is 1.11. The Balaban J connectivity index is 1.81. The summed E-state index contributed by atoms with van der Waals surface area (Å²) in [7, 11) is 0. The fraction of sp³-hybridized carbons (Fsp3) is 0.312. The van der Waals surface area contributed by atoms with Crippen LogP contribution in [-0.4, -0.2) is 17.5 Å². The van der Waals surface area contributed by atoms with E-state index in [-0.39, 0.29) is 0 Å². The molecule has 0 unspecified atom stereocenters. The molecule has 1 aliphatic heterocycles. The van der Waals surface area contributed by atoms with Crippen LogP contribution >= 0.6 is 27.7 Å². The number of rotatable bonds is 1. The van der Waals surface area contributed by atoms with Gasteiger partial charge in [-0.2, -0.15) is 0 Å². The highest BCUT2D eigenvalue weighted by Crippen LogP contribution is 2.29.